The van der Waals surface area contributed by atoms with Crippen molar-refractivity contribution in [2.45, 2.75) is 19.6 Å². The number of hydrogen-bond donors (Lipinski definition) is 3. The topological polar surface area (TPSA) is 70.6 Å². The van der Waals surface area contributed by atoms with E-state index in [2.05, 4.69) is 10.6 Å². The van der Waals surface area contributed by atoms with Crippen LogP contribution in [-0.4, -0.2) is 24.3 Å². The van der Waals surface area contributed by atoms with Crippen molar-refractivity contribution in [1.82, 2.24) is 10.6 Å². The molecule has 6 heteroatoms. The molecule has 0 aliphatic heterocycles. The first-order chi connectivity index (χ1) is 11.6. The van der Waals surface area contributed by atoms with Gasteiger partial charge in [-0.15, -0.1) is 0 Å². The average molecular weight is 332 g/mol. The monoisotopic (exact) mass is 332 g/mol. The number of ether oxygens (including phenoxy) is 1. The van der Waals surface area contributed by atoms with Crippen LogP contribution >= 0.6 is 0 Å². The summed E-state index contributed by atoms with van der Waals surface area (Å²) >= 11 is 0. The number of benzene rings is 2. The molecular weight excluding hydrogens is 311 g/mol. The highest BCUT2D eigenvalue weighted by Gasteiger charge is 2.09. The number of halogens is 1. The predicted molar refractivity (Wildman–Crippen MR) is 89.2 cm³/mol. The first kappa shape index (κ1) is 17.7. The van der Waals surface area contributed by atoms with Gasteiger partial charge in [-0.05, 0) is 42.3 Å². The molecule has 0 saturated heterocycles. The van der Waals surface area contributed by atoms with E-state index in [1.165, 1.54) is 12.1 Å². The van der Waals surface area contributed by atoms with Gasteiger partial charge in [0.1, 0.15) is 18.2 Å². The molecule has 1 atom stereocenters. The second-order valence-electron chi connectivity index (χ2n) is 5.33. The van der Waals surface area contributed by atoms with Crippen LogP contribution in [0.1, 0.15) is 24.1 Å². The first-order valence-electron chi connectivity index (χ1n) is 7.71. The molecular formula is C18H21FN2O3. The van der Waals surface area contributed by atoms with E-state index in [-0.39, 0.29) is 31.0 Å². The lowest BCUT2D eigenvalue weighted by atomic mass is 10.1. The second kappa shape index (κ2) is 8.88. The number of rotatable bonds is 7. The van der Waals surface area contributed by atoms with Crippen LogP contribution in [0, 0.1) is 5.82 Å². The molecule has 24 heavy (non-hydrogen) atoms. The fourth-order valence-electron chi connectivity index (χ4n) is 2.10. The number of aliphatic hydroxyl groups excluding tert-OH is 1. The van der Waals surface area contributed by atoms with Gasteiger partial charge in [0.05, 0.1) is 12.6 Å². The number of aliphatic hydroxyl groups is 1. The number of nitrogens with one attached hydrogen (secondary N) is 2. The minimum atomic E-state index is -0.326. The quantitative estimate of drug-likeness (QED) is 0.730. The molecule has 0 aliphatic carbocycles. The van der Waals surface area contributed by atoms with E-state index in [0.717, 1.165) is 11.1 Å². The maximum absolute atomic E-state index is 12.8. The molecule has 0 radical (unpaired) electrons. The lowest BCUT2D eigenvalue weighted by Gasteiger charge is -2.15. The zero-order valence-corrected chi connectivity index (χ0v) is 13.5. The van der Waals surface area contributed by atoms with Crippen LogP contribution in [0.3, 0.4) is 0 Å². The van der Waals surface area contributed by atoms with Crippen molar-refractivity contribution < 1.29 is 19.0 Å². The summed E-state index contributed by atoms with van der Waals surface area (Å²) in [5.74, 6) is 0.424. The zero-order chi connectivity index (χ0) is 17.4. The zero-order valence-electron chi connectivity index (χ0n) is 13.5. The van der Waals surface area contributed by atoms with Crippen LogP contribution in [-0.2, 0) is 6.61 Å². The molecule has 128 valence electrons. The van der Waals surface area contributed by atoms with E-state index in [1.54, 1.807) is 12.1 Å². The third kappa shape index (κ3) is 5.55. The summed E-state index contributed by atoms with van der Waals surface area (Å²) in [5, 5.41) is 14.0. The molecule has 0 aromatic heterocycles. The van der Waals surface area contributed by atoms with Gasteiger partial charge in [0.15, 0.2) is 0 Å². The van der Waals surface area contributed by atoms with E-state index >= 15 is 0 Å². The summed E-state index contributed by atoms with van der Waals surface area (Å²) in [6, 6.07) is 13.1. The van der Waals surface area contributed by atoms with Gasteiger partial charge >= 0.3 is 6.03 Å². The molecule has 2 rings (SSSR count). The highest BCUT2D eigenvalue weighted by atomic mass is 19.1. The first-order valence-corrected chi connectivity index (χ1v) is 7.71. The summed E-state index contributed by atoms with van der Waals surface area (Å²) in [6.07, 6.45) is 0. The van der Waals surface area contributed by atoms with Crippen LogP contribution < -0.4 is 15.4 Å². The lowest BCUT2D eigenvalue weighted by molar-refractivity contribution is 0.231. The summed E-state index contributed by atoms with van der Waals surface area (Å²) < 4.78 is 18.5. The Balaban J connectivity index is 1.85. The molecule has 0 aliphatic rings. The Kier molecular flexibility index (Phi) is 6.57. The van der Waals surface area contributed by atoms with Crippen LogP contribution in [0.4, 0.5) is 9.18 Å². The van der Waals surface area contributed by atoms with E-state index < -0.39 is 0 Å². The summed E-state index contributed by atoms with van der Waals surface area (Å²) in [6.45, 7) is 2.35. The van der Waals surface area contributed by atoms with Crippen LogP contribution in [0.25, 0.3) is 0 Å². The van der Waals surface area contributed by atoms with Crippen molar-refractivity contribution >= 4 is 6.03 Å². The predicted octanol–water partition coefficient (Wildman–Crippen LogP) is 2.76. The molecule has 0 spiro atoms. The Morgan fingerprint density at radius 3 is 2.46 bits per heavy atom. The maximum atomic E-state index is 12.8. The molecule has 0 bridgehead atoms. The standard InChI is InChI=1S/C18H21FN2O3/c1-13(21-18(23)20-10-11-22)15-4-8-17(9-5-15)24-12-14-2-6-16(19)7-3-14/h2-9,13,22H,10-12H2,1H3,(H2,20,21,23). The van der Waals surface area contributed by atoms with Crippen molar-refractivity contribution in [1.29, 1.82) is 0 Å². The van der Waals surface area contributed by atoms with Gasteiger partial charge in [0.2, 0.25) is 0 Å². The summed E-state index contributed by atoms with van der Waals surface area (Å²) in [7, 11) is 0. The normalized spacial score (nSPS) is 11.6. The Bertz CT molecular complexity index is 644. The average Bonchev–Trinajstić information content (AvgIpc) is 2.60. The minimum absolute atomic E-state index is 0.0953. The third-order valence-electron chi connectivity index (χ3n) is 3.44. The summed E-state index contributed by atoms with van der Waals surface area (Å²) in [5.41, 5.74) is 1.82. The van der Waals surface area contributed by atoms with Crippen LogP contribution in [0.15, 0.2) is 48.5 Å². The lowest BCUT2D eigenvalue weighted by Crippen LogP contribution is -2.38. The largest absolute Gasteiger partial charge is 0.489 e. The van der Waals surface area contributed by atoms with E-state index in [4.69, 9.17) is 9.84 Å². The van der Waals surface area contributed by atoms with Crippen LogP contribution in [0.5, 0.6) is 5.75 Å². The van der Waals surface area contributed by atoms with Crippen molar-refractivity contribution in [3.8, 4) is 5.75 Å². The molecule has 2 aromatic rings. The van der Waals surface area contributed by atoms with Crippen LogP contribution in [0.2, 0.25) is 0 Å². The van der Waals surface area contributed by atoms with Crippen molar-refractivity contribution in [2.75, 3.05) is 13.2 Å². The number of hydrogen-bond acceptors (Lipinski definition) is 3. The maximum Gasteiger partial charge on any atom is 0.315 e. The minimum Gasteiger partial charge on any atom is -0.489 e. The Hall–Kier alpha value is -2.60. The smallest absolute Gasteiger partial charge is 0.315 e. The fourth-order valence-corrected chi connectivity index (χ4v) is 2.10. The third-order valence-corrected chi connectivity index (χ3v) is 3.44. The van der Waals surface area contributed by atoms with Gasteiger partial charge in [-0.2, -0.15) is 0 Å². The van der Waals surface area contributed by atoms with Gasteiger partial charge in [-0.1, -0.05) is 24.3 Å². The van der Waals surface area contributed by atoms with Gasteiger partial charge in [-0.25, -0.2) is 9.18 Å². The molecule has 2 aromatic carbocycles. The number of carbonyl (C=O) groups is 1. The molecule has 0 heterocycles. The molecule has 0 fully saturated rings. The van der Waals surface area contributed by atoms with E-state index in [9.17, 15) is 9.18 Å². The Morgan fingerprint density at radius 1 is 1.17 bits per heavy atom. The van der Waals surface area contributed by atoms with Crippen molar-refractivity contribution in [3.63, 3.8) is 0 Å². The highest BCUT2D eigenvalue weighted by molar-refractivity contribution is 5.74. The van der Waals surface area contributed by atoms with Crippen molar-refractivity contribution in [2.24, 2.45) is 0 Å². The number of amides is 2. The van der Waals surface area contributed by atoms with Crippen molar-refractivity contribution in [3.05, 3.63) is 65.5 Å². The second-order valence-corrected chi connectivity index (χ2v) is 5.33. The molecule has 1 unspecified atom stereocenters. The fraction of sp³-hybridized carbons (Fsp3) is 0.278. The van der Waals surface area contributed by atoms with Gasteiger partial charge < -0.3 is 20.5 Å². The number of carbonyl (C=O) groups excluding carboxylic acids is 1. The Labute approximate surface area is 140 Å². The van der Waals surface area contributed by atoms with Gasteiger partial charge in [-0.3, -0.25) is 0 Å². The molecule has 2 amide bonds. The highest BCUT2D eigenvalue weighted by Crippen LogP contribution is 2.18. The molecule has 3 N–H and O–H groups in total. The van der Waals surface area contributed by atoms with E-state index in [0.29, 0.717) is 12.4 Å². The van der Waals surface area contributed by atoms with Gasteiger partial charge in [0.25, 0.3) is 0 Å². The Morgan fingerprint density at radius 2 is 1.83 bits per heavy atom. The van der Waals surface area contributed by atoms with E-state index in [1.807, 2.05) is 31.2 Å². The van der Waals surface area contributed by atoms with Gasteiger partial charge in [0, 0.05) is 6.54 Å². The molecule has 5 nitrogen and oxygen atoms in total. The molecule has 0 saturated carbocycles. The SMILES string of the molecule is CC(NC(=O)NCCO)c1ccc(OCc2ccc(F)cc2)cc1. The summed E-state index contributed by atoms with van der Waals surface area (Å²) in [4.78, 5) is 11.6. The number of urea groups is 1.